The van der Waals surface area contributed by atoms with Crippen LogP contribution in [-0.2, 0) is 13.1 Å². The molecule has 0 aliphatic carbocycles. The number of nitriles is 2. The highest BCUT2D eigenvalue weighted by Crippen LogP contribution is 2.45. The van der Waals surface area contributed by atoms with Gasteiger partial charge in [0.25, 0.3) is 5.91 Å². The Balaban J connectivity index is 1.26. The minimum Gasteiger partial charge on any atom is -0.461 e. The minimum absolute atomic E-state index is 0.0961. The van der Waals surface area contributed by atoms with E-state index >= 15 is 0 Å². The van der Waals surface area contributed by atoms with E-state index in [1.807, 2.05) is 9.80 Å². The summed E-state index contributed by atoms with van der Waals surface area (Å²) in [4.78, 5) is 30.0. The molecular formula is C32H36Cl2FN11O2S. The number of carbonyl (C=O) groups is 1. The number of anilines is 3. The number of aryl methyl sites for hydroxylation is 1. The zero-order valence-electron chi connectivity index (χ0n) is 27.3. The summed E-state index contributed by atoms with van der Waals surface area (Å²) in [5.41, 5.74) is 7.88. The number of halogens is 3. The van der Waals surface area contributed by atoms with Gasteiger partial charge in [0.05, 0.1) is 32.7 Å². The lowest BCUT2D eigenvalue weighted by Gasteiger charge is -2.31. The summed E-state index contributed by atoms with van der Waals surface area (Å²) in [7, 11) is 3.29. The molecule has 0 bridgehead atoms. The van der Waals surface area contributed by atoms with E-state index < -0.39 is 11.7 Å². The molecule has 3 aromatic heterocycles. The lowest BCUT2D eigenvalue weighted by molar-refractivity contribution is 0.0821. The predicted octanol–water partition coefficient (Wildman–Crippen LogP) is 4.43. The molecule has 3 atom stereocenters. The molecule has 7 rings (SSSR count). The van der Waals surface area contributed by atoms with Crippen LogP contribution in [-0.4, -0.2) is 101 Å². The van der Waals surface area contributed by atoms with Crippen molar-refractivity contribution in [2.75, 3.05) is 69.0 Å². The third kappa shape index (κ3) is 5.90. The number of amides is 1. The number of ether oxygens (including phenoxy) is 1. The van der Waals surface area contributed by atoms with Crippen molar-refractivity contribution in [3.63, 3.8) is 0 Å². The van der Waals surface area contributed by atoms with E-state index in [2.05, 4.69) is 22.1 Å². The minimum atomic E-state index is -0.911. The van der Waals surface area contributed by atoms with Crippen LogP contribution in [0.25, 0.3) is 0 Å². The van der Waals surface area contributed by atoms with Crippen molar-refractivity contribution < 1.29 is 13.9 Å². The highest BCUT2D eigenvalue weighted by molar-refractivity contribution is 7.20. The maximum Gasteiger partial charge on any atom is 0.320 e. The van der Waals surface area contributed by atoms with Gasteiger partial charge in [-0.15, -0.1) is 11.3 Å². The second-order valence-electron chi connectivity index (χ2n) is 13.4. The number of nitrogens with two attached hydrogens (primary N) is 1. The Morgan fingerprint density at radius 3 is 2.59 bits per heavy atom. The van der Waals surface area contributed by atoms with Crippen LogP contribution >= 0.6 is 34.5 Å². The van der Waals surface area contributed by atoms with Crippen molar-refractivity contribution in [1.29, 1.82) is 10.5 Å². The average Bonchev–Trinajstić information content (AvgIpc) is 3.86. The van der Waals surface area contributed by atoms with Crippen LogP contribution in [0.1, 0.15) is 70.9 Å². The van der Waals surface area contributed by atoms with Crippen molar-refractivity contribution in [3.05, 3.63) is 37.4 Å². The number of hydrogen-bond donors (Lipinski definition) is 1. The van der Waals surface area contributed by atoms with Crippen LogP contribution in [0, 0.1) is 22.7 Å². The Morgan fingerprint density at radius 2 is 1.86 bits per heavy atom. The van der Waals surface area contributed by atoms with Crippen molar-refractivity contribution in [1.82, 2.24) is 29.5 Å². The summed E-state index contributed by atoms with van der Waals surface area (Å²) < 4.78 is 23.2. The molecule has 1 amide bonds. The molecule has 0 spiro atoms. The van der Waals surface area contributed by atoms with Gasteiger partial charge in [0.1, 0.15) is 35.5 Å². The molecule has 2 N–H and O–H groups in total. The van der Waals surface area contributed by atoms with Gasteiger partial charge in [-0.1, -0.05) is 23.2 Å². The van der Waals surface area contributed by atoms with Gasteiger partial charge in [0.15, 0.2) is 17.3 Å². The van der Waals surface area contributed by atoms with Gasteiger partial charge in [0.2, 0.25) is 0 Å². The fourth-order valence-electron chi connectivity index (χ4n) is 7.80. The largest absolute Gasteiger partial charge is 0.461 e. The number of hydrogen-bond acceptors (Lipinski definition) is 12. The van der Waals surface area contributed by atoms with Gasteiger partial charge in [-0.05, 0) is 32.2 Å². The fraction of sp³-hybridized carbons (Fsp3) is 0.562. The van der Waals surface area contributed by atoms with Gasteiger partial charge in [-0.2, -0.15) is 25.6 Å². The molecule has 3 aromatic rings. The van der Waals surface area contributed by atoms with E-state index in [0.717, 1.165) is 24.9 Å². The summed E-state index contributed by atoms with van der Waals surface area (Å²) in [5.74, 6) is 0.386. The fourth-order valence-corrected chi connectivity index (χ4v) is 9.40. The lowest BCUT2D eigenvalue weighted by Crippen LogP contribution is -2.43. The zero-order valence-corrected chi connectivity index (χ0v) is 29.6. The Morgan fingerprint density at radius 1 is 1.10 bits per heavy atom. The summed E-state index contributed by atoms with van der Waals surface area (Å²) >= 11 is 14.5. The van der Waals surface area contributed by atoms with Crippen LogP contribution in [0.5, 0.6) is 6.01 Å². The molecule has 13 nitrogen and oxygen atoms in total. The van der Waals surface area contributed by atoms with Crippen molar-refractivity contribution in [2.45, 2.75) is 62.8 Å². The molecule has 7 heterocycles. The van der Waals surface area contributed by atoms with E-state index in [-0.39, 0.29) is 47.3 Å². The molecule has 49 heavy (non-hydrogen) atoms. The second kappa shape index (κ2) is 13.1. The number of nitrogen functional groups attached to an aromatic ring is 1. The van der Waals surface area contributed by atoms with E-state index in [0.29, 0.717) is 84.2 Å². The van der Waals surface area contributed by atoms with E-state index in [9.17, 15) is 19.7 Å². The average molecular weight is 729 g/mol. The first-order valence-corrected chi connectivity index (χ1v) is 17.9. The number of alkyl halides is 1. The Bertz CT molecular complexity index is 1890. The van der Waals surface area contributed by atoms with E-state index in [1.165, 1.54) is 16.2 Å². The maximum absolute atomic E-state index is 14.6. The summed E-state index contributed by atoms with van der Waals surface area (Å²) in [6.07, 6.45) is 2.60. The molecule has 0 radical (unpaired) electrons. The standard InChI is InChI=1S/C32H36Cl2FN11O2S/c1-42(2)30(47)25-24(33)22-16-43(7-4-9-46(22)41-25)28-21(13-37)29(44-10-5-18(14-44)23-20(12-36)27(38)49-26(23)34)40-31(39-28)48-17-32-6-3-8-45(32)15-19(35)11-32/h18-19H,3-11,14-17,38H2,1-2H3/t18?,19-,32+/m1/s1. The normalized spacial score (nSPS) is 23.6. The van der Waals surface area contributed by atoms with E-state index in [1.54, 1.807) is 18.8 Å². The molecule has 258 valence electrons. The third-order valence-corrected chi connectivity index (χ3v) is 11.8. The summed E-state index contributed by atoms with van der Waals surface area (Å²) in [6, 6.07) is 4.66. The van der Waals surface area contributed by atoms with Crippen LogP contribution in [0.15, 0.2) is 0 Å². The molecule has 3 fully saturated rings. The van der Waals surface area contributed by atoms with Crippen LogP contribution in [0.4, 0.5) is 21.0 Å². The first-order valence-electron chi connectivity index (χ1n) is 16.3. The van der Waals surface area contributed by atoms with Crippen LogP contribution < -0.4 is 20.3 Å². The predicted molar refractivity (Wildman–Crippen MR) is 184 cm³/mol. The Hall–Kier alpha value is -3.89. The molecule has 4 aliphatic heterocycles. The molecule has 1 unspecified atom stereocenters. The topological polar surface area (TPSA) is 156 Å². The van der Waals surface area contributed by atoms with Crippen molar-refractivity contribution in [2.24, 2.45) is 0 Å². The lowest BCUT2D eigenvalue weighted by atomic mass is 9.95. The molecule has 3 saturated heterocycles. The highest BCUT2D eigenvalue weighted by Gasteiger charge is 2.49. The van der Waals surface area contributed by atoms with Crippen LogP contribution in [0.2, 0.25) is 9.36 Å². The first kappa shape index (κ1) is 33.6. The summed E-state index contributed by atoms with van der Waals surface area (Å²) in [6.45, 7) is 3.74. The Kier molecular flexibility index (Phi) is 8.98. The number of carbonyl (C=O) groups excluding carboxylic acids is 1. The monoisotopic (exact) mass is 727 g/mol. The number of rotatable bonds is 7. The molecule has 0 saturated carbocycles. The number of aromatic nitrogens is 4. The van der Waals surface area contributed by atoms with E-state index in [4.69, 9.17) is 43.6 Å². The maximum atomic E-state index is 14.6. The quantitative estimate of drug-likeness (QED) is 0.367. The van der Waals surface area contributed by atoms with Gasteiger partial charge in [-0.3, -0.25) is 14.4 Å². The second-order valence-corrected chi connectivity index (χ2v) is 15.4. The number of thiophene rings is 1. The molecule has 17 heteroatoms. The highest BCUT2D eigenvalue weighted by atomic mass is 35.5. The zero-order chi connectivity index (χ0) is 34.6. The Labute approximate surface area is 297 Å². The molecule has 4 aliphatic rings. The molecule has 0 aromatic carbocycles. The third-order valence-electron chi connectivity index (χ3n) is 10.2. The van der Waals surface area contributed by atoms with Gasteiger partial charge in [-0.25, -0.2) is 4.39 Å². The first-order chi connectivity index (χ1) is 23.5. The molecular weight excluding hydrogens is 692 g/mol. The number of fused-ring (bicyclic) bond motifs is 2. The van der Waals surface area contributed by atoms with Crippen LogP contribution in [0.3, 0.4) is 0 Å². The van der Waals surface area contributed by atoms with Gasteiger partial charge >= 0.3 is 6.01 Å². The summed E-state index contributed by atoms with van der Waals surface area (Å²) in [5, 5.41) is 25.6. The number of nitrogens with zero attached hydrogens (tertiary/aromatic N) is 10. The van der Waals surface area contributed by atoms with Gasteiger partial charge < -0.3 is 25.2 Å². The van der Waals surface area contributed by atoms with Crippen molar-refractivity contribution in [3.8, 4) is 18.1 Å². The SMILES string of the molecule is CN(C)C(=O)c1nn2c(c1Cl)CN(c1nc(OC[C@@]34CCCN3C[C@H](F)C4)nc(N3CCC(c4c(Cl)sc(N)c4C#N)C3)c1C#N)CCC2. The van der Waals surface area contributed by atoms with Crippen molar-refractivity contribution >= 4 is 57.1 Å². The smallest absolute Gasteiger partial charge is 0.320 e. The van der Waals surface area contributed by atoms with Gasteiger partial charge in [0, 0.05) is 64.7 Å².